The van der Waals surface area contributed by atoms with Crippen molar-refractivity contribution in [2.75, 3.05) is 26.5 Å². The van der Waals surface area contributed by atoms with Gasteiger partial charge in [-0.1, -0.05) is 38.5 Å². The van der Waals surface area contributed by atoms with E-state index in [4.69, 9.17) is 9.47 Å². The highest BCUT2D eigenvalue weighted by Gasteiger charge is 2.27. The van der Waals surface area contributed by atoms with Crippen LogP contribution in [0.5, 0.6) is 11.5 Å². The van der Waals surface area contributed by atoms with E-state index in [1.54, 1.807) is 13.3 Å². The van der Waals surface area contributed by atoms with Crippen LogP contribution in [0.25, 0.3) is 16.5 Å². The molecule has 0 saturated heterocycles. The molecule has 0 radical (unpaired) electrons. The molecule has 0 saturated carbocycles. The Morgan fingerprint density at radius 1 is 1.18 bits per heavy atom. The second-order valence-corrected chi connectivity index (χ2v) is 11.2. The minimum atomic E-state index is -3.22. The van der Waals surface area contributed by atoms with Crippen LogP contribution in [0.2, 0.25) is 0 Å². The standard InChI is InChI=1S/C25H32N2O5S/c1-16-8-9-18(22(28)12-16)19-14-21(25(2,3)4)24(31-5)20-13-17(15-26-23(19)20)32-11-7-10-27-33(6,29)30/h8-9,13-15,27H,7,10-12H2,1-6H3. The third kappa shape index (κ3) is 6.00. The van der Waals surface area contributed by atoms with E-state index in [2.05, 4.69) is 30.5 Å². The van der Waals surface area contributed by atoms with Gasteiger partial charge < -0.3 is 9.47 Å². The predicted molar refractivity (Wildman–Crippen MR) is 131 cm³/mol. The number of nitrogens with zero attached hydrogens (tertiary/aromatic N) is 1. The lowest BCUT2D eigenvalue weighted by Crippen LogP contribution is -2.24. The molecule has 0 amide bonds. The molecule has 3 rings (SSSR count). The van der Waals surface area contributed by atoms with Crippen molar-refractivity contribution in [3.05, 3.63) is 47.2 Å². The van der Waals surface area contributed by atoms with Gasteiger partial charge in [-0.25, -0.2) is 13.1 Å². The Morgan fingerprint density at radius 2 is 1.91 bits per heavy atom. The van der Waals surface area contributed by atoms with Crippen molar-refractivity contribution in [2.24, 2.45) is 0 Å². The van der Waals surface area contributed by atoms with Gasteiger partial charge >= 0.3 is 0 Å². The van der Waals surface area contributed by atoms with Gasteiger partial charge in [0.15, 0.2) is 5.78 Å². The first-order chi connectivity index (χ1) is 15.4. The zero-order chi connectivity index (χ0) is 24.4. The van der Waals surface area contributed by atoms with Crippen molar-refractivity contribution >= 4 is 32.3 Å². The molecule has 0 bridgehead atoms. The van der Waals surface area contributed by atoms with Crippen LogP contribution in [-0.2, 0) is 20.2 Å². The van der Waals surface area contributed by atoms with Crippen molar-refractivity contribution in [3.8, 4) is 11.5 Å². The van der Waals surface area contributed by atoms with Gasteiger partial charge in [0.25, 0.3) is 0 Å². The van der Waals surface area contributed by atoms with E-state index >= 15 is 0 Å². The first-order valence-corrected chi connectivity index (χ1v) is 12.8. The van der Waals surface area contributed by atoms with Crippen molar-refractivity contribution in [1.82, 2.24) is 9.71 Å². The average Bonchev–Trinajstić information content (AvgIpc) is 2.71. The van der Waals surface area contributed by atoms with Crippen LogP contribution >= 0.6 is 0 Å². The van der Waals surface area contributed by atoms with Gasteiger partial charge in [0.2, 0.25) is 10.0 Å². The van der Waals surface area contributed by atoms with Gasteiger partial charge in [0, 0.05) is 35.1 Å². The quantitative estimate of drug-likeness (QED) is 0.580. The first-order valence-electron chi connectivity index (χ1n) is 10.9. The zero-order valence-electron chi connectivity index (χ0n) is 20.1. The summed E-state index contributed by atoms with van der Waals surface area (Å²) in [6, 6.07) is 3.89. The van der Waals surface area contributed by atoms with E-state index in [1.165, 1.54) is 0 Å². The number of sulfonamides is 1. The molecule has 1 aromatic carbocycles. The Balaban J connectivity index is 2.05. The third-order valence-corrected chi connectivity index (χ3v) is 6.15. The molecular formula is C25H32N2O5S. The number of carbonyl (C=O) groups is 1. The van der Waals surface area contributed by atoms with E-state index in [1.807, 2.05) is 31.2 Å². The van der Waals surface area contributed by atoms with Crippen molar-refractivity contribution < 1.29 is 22.7 Å². The summed E-state index contributed by atoms with van der Waals surface area (Å²) in [7, 11) is -1.59. The lowest BCUT2D eigenvalue weighted by atomic mass is 9.81. The summed E-state index contributed by atoms with van der Waals surface area (Å²) >= 11 is 0. The highest BCUT2D eigenvalue weighted by Crippen LogP contribution is 2.42. The minimum absolute atomic E-state index is 0.0711. The maximum atomic E-state index is 12.9. The monoisotopic (exact) mass is 472 g/mol. The molecule has 7 nitrogen and oxygen atoms in total. The number of pyridine rings is 1. The number of hydrogen-bond acceptors (Lipinski definition) is 6. The van der Waals surface area contributed by atoms with Crippen LogP contribution in [0.1, 0.15) is 51.7 Å². The van der Waals surface area contributed by atoms with Crippen LogP contribution in [0, 0.1) is 0 Å². The molecule has 33 heavy (non-hydrogen) atoms. The SMILES string of the molecule is COc1c(C(C)(C)C)cc(C2=CC=C(C)CC2=O)c2ncc(OCCCNS(C)(=O)=O)cc12. The van der Waals surface area contributed by atoms with Gasteiger partial charge in [-0.2, -0.15) is 0 Å². The summed E-state index contributed by atoms with van der Waals surface area (Å²) in [5.41, 5.74) is 3.89. The fourth-order valence-electron chi connectivity index (χ4n) is 3.80. The Morgan fingerprint density at radius 3 is 2.52 bits per heavy atom. The summed E-state index contributed by atoms with van der Waals surface area (Å²) < 4.78 is 36.5. The number of nitrogens with one attached hydrogen (secondary N) is 1. The molecule has 8 heteroatoms. The van der Waals surface area contributed by atoms with E-state index in [-0.39, 0.29) is 11.2 Å². The van der Waals surface area contributed by atoms with Crippen LogP contribution in [0.15, 0.2) is 36.1 Å². The third-order valence-electron chi connectivity index (χ3n) is 5.43. The number of methoxy groups -OCH3 is 1. The van der Waals surface area contributed by atoms with Gasteiger partial charge in [-0.05, 0) is 30.9 Å². The number of fused-ring (bicyclic) bond motifs is 1. The van der Waals surface area contributed by atoms with Crippen LogP contribution in [0.4, 0.5) is 0 Å². The van der Waals surface area contributed by atoms with Gasteiger partial charge in [0.1, 0.15) is 11.5 Å². The number of ether oxygens (including phenoxy) is 2. The zero-order valence-corrected chi connectivity index (χ0v) is 20.9. The number of allylic oxidation sites excluding steroid dienone is 4. The van der Waals surface area contributed by atoms with Crippen molar-refractivity contribution in [2.45, 2.75) is 46.0 Å². The van der Waals surface area contributed by atoms with Crippen molar-refractivity contribution in [1.29, 1.82) is 0 Å². The summed E-state index contributed by atoms with van der Waals surface area (Å²) in [5.74, 6) is 1.33. The fourth-order valence-corrected chi connectivity index (χ4v) is 4.32. The molecule has 178 valence electrons. The molecule has 1 aliphatic rings. The lowest BCUT2D eigenvalue weighted by Gasteiger charge is -2.25. The lowest BCUT2D eigenvalue weighted by molar-refractivity contribution is -0.113. The smallest absolute Gasteiger partial charge is 0.208 e. The number of ketones is 1. The summed E-state index contributed by atoms with van der Waals surface area (Å²) in [4.78, 5) is 17.5. The minimum Gasteiger partial charge on any atom is -0.496 e. The fraction of sp³-hybridized carbons (Fsp3) is 0.440. The average molecular weight is 473 g/mol. The predicted octanol–water partition coefficient (Wildman–Crippen LogP) is 4.16. The van der Waals surface area contributed by atoms with Gasteiger partial charge in [0.05, 0.1) is 31.7 Å². The van der Waals surface area contributed by atoms with Crippen LogP contribution in [0.3, 0.4) is 0 Å². The molecule has 2 aromatic rings. The number of benzene rings is 1. The molecule has 1 aliphatic carbocycles. The number of Topliss-reactive ketones (excluding diaryl/α,β-unsaturated/α-hetero) is 1. The van der Waals surface area contributed by atoms with Crippen LogP contribution in [-0.4, -0.2) is 45.7 Å². The topological polar surface area (TPSA) is 94.6 Å². The number of rotatable bonds is 8. The highest BCUT2D eigenvalue weighted by atomic mass is 32.2. The second kappa shape index (κ2) is 9.65. The summed E-state index contributed by atoms with van der Waals surface area (Å²) in [5, 5.41) is 0.770. The molecule has 1 N–H and O–H groups in total. The Labute approximate surface area is 195 Å². The van der Waals surface area contributed by atoms with E-state index in [9.17, 15) is 13.2 Å². The van der Waals surface area contributed by atoms with Gasteiger partial charge in [-0.15, -0.1) is 0 Å². The largest absolute Gasteiger partial charge is 0.496 e. The normalized spacial score (nSPS) is 14.8. The molecule has 0 spiro atoms. The van der Waals surface area contributed by atoms with E-state index < -0.39 is 10.0 Å². The van der Waals surface area contributed by atoms with E-state index in [0.29, 0.717) is 48.6 Å². The Kier molecular flexibility index (Phi) is 7.29. The summed E-state index contributed by atoms with van der Waals surface area (Å²) in [6.07, 6.45) is 7.51. The second-order valence-electron chi connectivity index (χ2n) is 9.38. The molecular weight excluding hydrogens is 440 g/mol. The van der Waals surface area contributed by atoms with Crippen molar-refractivity contribution in [3.63, 3.8) is 0 Å². The molecule has 0 aliphatic heterocycles. The van der Waals surface area contributed by atoms with E-state index in [0.717, 1.165) is 28.3 Å². The molecule has 0 fully saturated rings. The van der Waals surface area contributed by atoms with Crippen LogP contribution < -0.4 is 14.2 Å². The number of aromatic nitrogens is 1. The number of hydrogen-bond donors (Lipinski definition) is 1. The Bertz CT molecular complexity index is 1240. The Hall–Kier alpha value is -2.71. The molecule has 0 unspecified atom stereocenters. The van der Waals surface area contributed by atoms with Gasteiger partial charge in [-0.3, -0.25) is 9.78 Å². The maximum Gasteiger partial charge on any atom is 0.208 e. The maximum absolute atomic E-state index is 12.9. The highest BCUT2D eigenvalue weighted by molar-refractivity contribution is 7.88. The summed E-state index contributed by atoms with van der Waals surface area (Å²) in [6.45, 7) is 8.88. The number of carbonyl (C=O) groups excluding carboxylic acids is 1. The molecule has 1 aromatic heterocycles. The molecule has 0 atom stereocenters. The molecule has 1 heterocycles. The first kappa shape index (κ1) is 24.9.